The van der Waals surface area contributed by atoms with Gasteiger partial charge in [0.25, 0.3) is 10.0 Å². The Hall–Kier alpha value is -3.19. The molecule has 0 bridgehead atoms. The zero-order valence-corrected chi connectivity index (χ0v) is 14.6. The predicted octanol–water partition coefficient (Wildman–Crippen LogP) is 1.44. The molecule has 0 radical (unpaired) electrons. The summed E-state index contributed by atoms with van der Waals surface area (Å²) in [5.41, 5.74) is -0.175. The van der Waals surface area contributed by atoms with Crippen LogP contribution in [0, 0.1) is 0 Å². The van der Waals surface area contributed by atoms with Gasteiger partial charge >= 0.3 is 6.18 Å². The summed E-state index contributed by atoms with van der Waals surface area (Å²) in [5.74, 6) is -0.114. The van der Waals surface area contributed by atoms with Gasteiger partial charge in [-0.05, 0) is 34.0 Å². The number of nitrogens with zero attached hydrogens (tertiary/aromatic N) is 5. The van der Waals surface area contributed by atoms with E-state index in [1.54, 1.807) is 6.07 Å². The third-order valence-corrected chi connectivity index (χ3v) is 4.96. The van der Waals surface area contributed by atoms with Crippen LogP contribution in [0.15, 0.2) is 40.5 Å². The lowest BCUT2D eigenvalue weighted by Gasteiger charge is -2.13. The third-order valence-electron chi connectivity index (χ3n) is 4.11. The summed E-state index contributed by atoms with van der Waals surface area (Å²) in [6.45, 7) is -0.0824. The monoisotopic (exact) mass is 409 g/mol. The van der Waals surface area contributed by atoms with Crippen molar-refractivity contribution in [3.8, 4) is 22.5 Å². The molecule has 1 aliphatic heterocycles. The van der Waals surface area contributed by atoms with Crippen LogP contribution in [0.1, 0.15) is 11.1 Å². The van der Waals surface area contributed by atoms with Crippen molar-refractivity contribution in [2.24, 2.45) is 10.1 Å². The number of nitrogens with two attached hydrogens (primary N) is 1. The Balaban J connectivity index is 1.96. The zero-order chi connectivity index (χ0) is 20.1. The zero-order valence-electron chi connectivity index (χ0n) is 13.8. The first kappa shape index (κ1) is 18.2. The predicted molar refractivity (Wildman–Crippen MR) is 90.5 cm³/mol. The first-order valence-corrected chi connectivity index (χ1v) is 9.22. The summed E-state index contributed by atoms with van der Waals surface area (Å²) in [5, 5.41) is 17.8. The van der Waals surface area contributed by atoms with E-state index in [9.17, 15) is 21.6 Å². The highest BCUT2D eigenvalue weighted by Crippen LogP contribution is 2.37. The summed E-state index contributed by atoms with van der Waals surface area (Å²) >= 11 is 0. The lowest BCUT2D eigenvalue weighted by atomic mass is 9.95. The van der Waals surface area contributed by atoms with E-state index < -0.39 is 26.9 Å². The molecule has 0 unspecified atom stereocenters. The molecule has 3 N–H and O–H groups in total. The van der Waals surface area contributed by atoms with E-state index in [4.69, 9.17) is 5.14 Å². The second-order valence-electron chi connectivity index (χ2n) is 5.85. The van der Waals surface area contributed by atoms with Crippen molar-refractivity contribution in [1.29, 1.82) is 0 Å². The number of aromatic amines is 1. The lowest BCUT2D eigenvalue weighted by molar-refractivity contribution is -0.0579. The van der Waals surface area contributed by atoms with Crippen LogP contribution in [0.5, 0.6) is 0 Å². The minimum atomic E-state index is -4.61. The van der Waals surface area contributed by atoms with Gasteiger partial charge in [0.05, 0.1) is 12.1 Å². The standard InChI is InChI=1S/C15H10F3N7O2S/c16-15(17,18)12-10-5-7(1-2-8(10)6-21-12)9-3-4-20-14(28(19,26)27)11(9)13-22-24-25-23-13/h1-5H,6H2,(H2,19,26,27)(H,22,23,24,25). The van der Waals surface area contributed by atoms with E-state index in [-0.39, 0.29) is 29.1 Å². The molecule has 2 aromatic heterocycles. The summed E-state index contributed by atoms with van der Waals surface area (Å²) < 4.78 is 63.6. The molecule has 3 heterocycles. The van der Waals surface area contributed by atoms with Crippen molar-refractivity contribution < 1.29 is 21.6 Å². The summed E-state index contributed by atoms with van der Waals surface area (Å²) in [4.78, 5) is 7.34. The molecular formula is C15H10F3N7O2S. The summed E-state index contributed by atoms with van der Waals surface area (Å²) in [6, 6.07) is 5.78. The molecule has 0 atom stereocenters. The fourth-order valence-corrected chi connectivity index (χ4v) is 3.67. The van der Waals surface area contributed by atoms with Crippen molar-refractivity contribution in [2.75, 3.05) is 0 Å². The smallest absolute Gasteiger partial charge is 0.275 e. The number of alkyl halides is 3. The fraction of sp³-hybridized carbons (Fsp3) is 0.133. The number of halogens is 3. The van der Waals surface area contributed by atoms with E-state index in [1.165, 1.54) is 24.4 Å². The van der Waals surface area contributed by atoms with Crippen molar-refractivity contribution in [3.63, 3.8) is 0 Å². The van der Waals surface area contributed by atoms with Crippen molar-refractivity contribution >= 4 is 15.7 Å². The number of aromatic nitrogens is 5. The van der Waals surface area contributed by atoms with Gasteiger partial charge in [-0.15, -0.1) is 10.2 Å². The Morgan fingerprint density at radius 3 is 2.57 bits per heavy atom. The number of tetrazole rings is 1. The van der Waals surface area contributed by atoms with E-state index in [0.29, 0.717) is 11.1 Å². The Kier molecular flexibility index (Phi) is 4.01. The van der Waals surface area contributed by atoms with E-state index in [0.717, 1.165) is 0 Å². The number of hydrogen-bond donors (Lipinski definition) is 2. The quantitative estimate of drug-likeness (QED) is 0.671. The molecule has 0 aliphatic carbocycles. The molecule has 0 fully saturated rings. The van der Waals surface area contributed by atoms with E-state index >= 15 is 0 Å². The first-order chi connectivity index (χ1) is 13.2. The average Bonchev–Trinajstić information content (AvgIpc) is 3.29. The van der Waals surface area contributed by atoms with E-state index in [2.05, 4.69) is 30.6 Å². The van der Waals surface area contributed by atoms with Crippen molar-refractivity contribution in [2.45, 2.75) is 17.7 Å². The second-order valence-corrected chi connectivity index (χ2v) is 7.33. The van der Waals surface area contributed by atoms with E-state index in [1.807, 2.05) is 0 Å². The molecule has 1 aromatic carbocycles. The van der Waals surface area contributed by atoms with Crippen LogP contribution >= 0.6 is 0 Å². The highest BCUT2D eigenvalue weighted by atomic mass is 32.2. The minimum Gasteiger partial charge on any atom is -0.275 e. The number of H-pyrrole nitrogens is 1. The van der Waals surface area contributed by atoms with Gasteiger partial charge < -0.3 is 0 Å². The Morgan fingerprint density at radius 2 is 1.93 bits per heavy atom. The van der Waals surface area contributed by atoms with Crippen LogP contribution in [0.3, 0.4) is 0 Å². The first-order valence-electron chi connectivity index (χ1n) is 7.67. The van der Waals surface area contributed by atoms with Crippen molar-refractivity contribution in [1.82, 2.24) is 25.6 Å². The summed E-state index contributed by atoms with van der Waals surface area (Å²) in [6.07, 6.45) is -3.42. The summed E-state index contributed by atoms with van der Waals surface area (Å²) in [7, 11) is -4.27. The average molecular weight is 409 g/mol. The van der Waals surface area contributed by atoms with Gasteiger partial charge in [0.2, 0.25) is 5.82 Å². The molecule has 4 rings (SSSR count). The van der Waals surface area contributed by atoms with Gasteiger partial charge in [0.1, 0.15) is 5.71 Å². The molecule has 28 heavy (non-hydrogen) atoms. The molecule has 3 aromatic rings. The Labute approximate surface area is 155 Å². The molecule has 0 saturated carbocycles. The second kappa shape index (κ2) is 6.17. The molecule has 13 heteroatoms. The fourth-order valence-electron chi connectivity index (χ4n) is 2.98. The highest BCUT2D eigenvalue weighted by Gasteiger charge is 2.40. The molecule has 0 saturated heterocycles. The number of nitrogens with one attached hydrogen (secondary N) is 1. The maximum absolute atomic E-state index is 13.2. The maximum atomic E-state index is 13.2. The van der Waals surface area contributed by atoms with Crippen molar-refractivity contribution in [3.05, 3.63) is 41.6 Å². The topological polar surface area (TPSA) is 140 Å². The number of rotatable bonds is 3. The number of benzene rings is 1. The third kappa shape index (κ3) is 3.03. The van der Waals surface area contributed by atoms with Crippen LogP contribution in [0.2, 0.25) is 0 Å². The van der Waals surface area contributed by atoms with Gasteiger partial charge in [-0.3, -0.25) is 4.99 Å². The number of primary sulfonamides is 1. The highest BCUT2D eigenvalue weighted by molar-refractivity contribution is 7.89. The van der Waals surface area contributed by atoms with Crippen LogP contribution in [-0.4, -0.2) is 45.9 Å². The normalized spacial score (nSPS) is 14.1. The van der Waals surface area contributed by atoms with Crippen LogP contribution in [0.25, 0.3) is 22.5 Å². The number of fused-ring (bicyclic) bond motifs is 1. The largest absolute Gasteiger partial charge is 0.433 e. The molecule has 144 valence electrons. The minimum absolute atomic E-state index is 0.0674. The van der Waals surface area contributed by atoms with Gasteiger partial charge in [0, 0.05) is 11.8 Å². The van der Waals surface area contributed by atoms with Gasteiger partial charge in [-0.1, -0.05) is 12.1 Å². The number of aliphatic imine (C=N–C) groups is 1. The lowest BCUT2D eigenvalue weighted by Crippen LogP contribution is -2.22. The van der Waals surface area contributed by atoms with Gasteiger partial charge in [-0.2, -0.15) is 18.4 Å². The van der Waals surface area contributed by atoms with Crippen LogP contribution in [-0.2, 0) is 16.6 Å². The molecule has 0 amide bonds. The SMILES string of the molecule is NS(=O)(=O)c1nccc(-c2ccc3c(c2)C(C(F)(F)F)=NC3)c1-c1nn[nH]n1. The van der Waals surface area contributed by atoms with Gasteiger partial charge in [-0.25, -0.2) is 18.5 Å². The van der Waals surface area contributed by atoms with Crippen LogP contribution in [0.4, 0.5) is 13.2 Å². The van der Waals surface area contributed by atoms with Gasteiger partial charge in [0.15, 0.2) is 5.03 Å². The molecule has 0 spiro atoms. The molecular weight excluding hydrogens is 399 g/mol. The Morgan fingerprint density at radius 1 is 1.14 bits per heavy atom. The number of sulfonamides is 1. The number of hydrogen-bond acceptors (Lipinski definition) is 7. The molecule has 1 aliphatic rings. The Bertz CT molecular complexity index is 1200. The maximum Gasteiger partial charge on any atom is 0.433 e. The van der Waals surface area contributed by atoms with Crippen LogP contribution < -0.4 is 5.14 Å². The number of pyridine rings is 1. The molecule has 9 nitrogen and oxygen atoms in total.